The Morgan fingerprint density at radius 1 is 1.24 bits per heavy atom. The maximum atomic E-state index is 11.9. The van der Waals surface area contributed by atoms with E-state index in [-0.39, 0.29) is 0 Å². The molecule has 0 fully saturated rings. The number of aliphatic carboxylic acids is 1. The van der Waals surface area contributed by atoms with Gasteiger partial charge in [-0.2, -0.15) is 5.10 Å². The van der Waals surface area contributed by atoms with E-state index in [2.05, 4.69) is 42.4 Å². The molecule has 2 rings (SSSR count). The number of ether oxygens (including phenoxy) is 1. The monoisotopic (exact) mass is 488 g/mol. The fraction of sp³-hybridized carbons (Fsp3) is 0.0625. The van der Waals surface area contributed by atoms with Crippen molar-refractivity contribution in [2.45, 2.75) is 0 Å². The average molecular weight is 491 g/mol. The number of rotatable bonds is 6. The molecule has 0 aliphatic rings. The number of hydrogen-bond acceptors (Lipinski definition) is 4. The number of hydrogen-bond donors (Lipinski definition) is 2. The van der Waals surface area contributed by atoms with Crippen molar-refractivity contribution in [2.24, 2.45) is 5.10 Å². The first-order valence-corrected chi connectivity index (χ1v) is 8.76. The smallest absolute Gasteiger partial charge is 0.341 e. The van der Waals surface area contributed by atoms with Gasteiger partial charge < -0.3 is 9.84 Å². The number of carbonyl (C=O) groups is 2. The molecule has 130 valence electrons. The standard InChI is InChI=1S/C16H11Br2ClN2O4/c17-12-4-9(5-13(18)15(12)25-8-14(22)23)7-20-21-16(24)10-2-1-3-11(19)6-10/h1-7H,8H2,(H,21,24)(H,22,23)/b20-7-. The van der Waals surface area contributed by atoms with E-state index < -0.39 is 18.5 Å². The third-order valence-corrected chi connectivity index (χ3v) is 4.24. The molecular formula is C16H11Br2ClN2O4. The number of carbonyl (C=O) groups excluding carboxylic acids is 1. The van der Waals surface area contributed by atoms with Crippen LogP contribution in [0.1, 0.15) is 15.9 Å². The van der Waals surface area contributed by atoms with Crippen molar-refractivity contribution in [3.63, 3.8) is 0 Å². The summed E-state index contributed by atoms with van der Waals surface area (Å²) in [5, 5.41) is 13.0. The second-order valence-corrected chi connectivity index (χ2v) is 6.85. The Bertz CT molecular complexity index is 820. The number of benzene rings is 2. The number of hydrazone groups is 1. The summed E-state index contributed by atoms with van der Waals surface area (Å²) < 4.78 is 6.27. The highest BCUT2D eigenvalue weighted by atomic mass is 79.9. The van der Waals surface area contributed by atoms with Crippen molar-refractivity contribution in [1.82, 2.24) is 5.43 Å². The molecule has 0 saturated carbocycles. The maximum Gasteiger partial charge on any atom is 0.341 e. The molecule has 2 aromatic carbocycles. The van der Waals surface area contributed by atoms with Gasteiger partial charge >= 0.3 is 5.97 Å². The topological polar surface area (TPSA) is 88.0 Å². The Balaban J connectivity index is 2.06. The summed E-state index contributed by atoms with van der Waals surface area (Å²) in [6, 6.07) is 9.86. The van der Waals surface area contributed by atoms with Gasteiger partial charge in [-0.15, -0.1) is 0 Å². The van der Waals surface area contributed by atoms with Gasteiger partial charge in [0.2, 0.25) is 0 Å². The van der Waals surface area contributed by atoms with Crippen molar-refractivity contribution in [3.05, 3.63) is 61.5 Å². The van der Waals surface area contributed by atoms with Gasteiger partial charge in [-0.25, -0.2) is 10.2 Å². The zero-order valence-electron chi connectivity index (χ0n) is 12.5. The van der Waals surface area contributed by atoms with E-state index in [0.29, 0.717) is 30.8 Å². The Hall–Kier alpha value is -1.90. The molecule has 0 heterocycles. The van der Waals surface area contributed by atoms with Crippen molar-refractivity contribution in [2.75, 3.05) is 6.61 Å². The van der Waals surface area contributed by atoms with Crippen LogP contribution in [0.5, 0.6) is 5.75 Å². The summed E-state index contributed by atoms with van der Waals surface area (Å²) in [7, 11) is 0. The van der Waals surface area contributed by atoms with E-state index in [4.69, 9.17) is 21.4 Å². The second kappa shape index (κ2) is 8.98. The Morgan fingerprint density at radius 2 is 1.92 bits per heavy atom. The van der Waals surface area contributed by atoms with Gasteiger partial charge in [-0.1, -0.05) is 17.7 Å². The molecule has 6 nitrogen and oxygen atoms in total. The molecule has 0 aliphatic carbocycles. The molecule has 0 aromatic heterocycles. The Kier molecular flexibility index (Phi) is 6.98. The third kappa shape index (κ3) is 5.84. The number of carboxylic acid groups (broad SMARTS) is 1. The van der Waals surface area contributed by atoms with Gasteiger partial charge in [0.25, 0.3) is 5.91 Å². The molecule has 0 spiro atoms. The van der Waals surface area contributed by atoms with Crippen LogP contribution < -0.4 is 10.2 Å². The highest BCUT2D eigenvalue weighted by Gasteiger charge is 2.10. The lowest BCUT2D eigenvalue weighted by Crippen LogP contribution is -2.17. The second-order valence-electron chi connectivity index (χ2n) is 4.71. The van der Waals surface area contributed by atoms with Gasteiger partial charge in [0.1, 0.15) is 5.75 Å². The zero-order chi connectivity index (χ0) is 18.4. The first-order chi connectivity index (χ1) is 11.9. The predicted octanol–water partition coefficient (Wildman–Crippen LogP) is 4.09. The van der Waals surface area contributed by atoms with E-state index in [1.165, 1.54) is 12.3 Å². The van der Waals surface area contributed by atoms with Gasteiger partial charge in [0, 0.05) is 10.6 Å². The minimum absolute atomic E-state index is 0.363. The van der Waals surface area contributed by atoms with Crippen LogP contribution >= 0.6 is 43.5 Å². The van der Waals surface area contributed by atoms with Crippen LogP contribution in [0, 0.1) is 0 Å². The van der Waals surface area contributed by atoms with E-state index in [1.807, 2.05) is 0 Å². The number of nitrogens with zero attached hydrogens (tertiary/aromatic N) is 1. The minimum atomic E-state index is -1.08. The molecule has 25 heavy (non-hydrogen) atoms. The fourth-order valence-corrected chi connectivity index (χ4v) is 3.43. The lowest BCUT2D eigenvalue weighted by atomic mass is 10.2. The van der Waals surface area contributed by atoms with Gasteiger partial charge in [0.05, 0.1) is 15.2 Å². The molecular weight excluding hydrogens is 479 g/mol. The molecule has 0 saturated heterocycles. The molecule has 0 aliphatic heterocycles. The van der Waals surface area contributed by atoms with Crippen molar-refractivity contribution < 1.29 is 19.4 Å². The summed E-state index contributed by atoms with van der Waals surface area (Å²) in [5.74, 6) is -1.10. The number of amides is 1. The summed E-state index contributed by atoms with van der Waals surface area (Å²) in [5.41, 5.74) is 3.45. The van der Waals surface area contributed by atoms with E-state index in [9.17, 15) is 9.59 Å². The quantitative estimate of drug-likeness (QED) is 0.472. The average Bonchev–Trinajstić information content (AvgIpc) is 2.53. The molecule has 0 unspecified atom stereocenters. The highest BCUT2D eigenvalue weighted by molar-refractivity contribution is 9.11. The summed E-state index contributed by atoms with van der Waals surface area (Å²) in [4.78, 5) is 22.5. The molecule has 2 N–H and O–H groups in total. The van der Waals surface area contributed by atoms with Gasteiger partial charge in [-0.05, 0) is 67.8 Å². The maximum absolute atomic E-state index is 11.9. The molecule has 0 atom stereocenters. The number of nitrogens with one attached hydrogen (secondary N) is 1. The van der Waals surface area contributed by atoms with Crippen LogP contribution in [0.15, 0.2) is 50.4 Å². The highest BCUT2D eigenvalue weighted by Crippen LogP contribution is 2.34. The first-order valence-electron chi connectivity index (χ1n) is 6.79. The van der Waals surface area contributed by atoms with Crippen LogP contribution in [0.3, 0.4) is 0 Å². The van der Waals surface area contributed by atoms with E-state index in [0.717, 1.165) is 0 Å². The van der Waals surface area contributed by atoms with Crippen molar-refractivity contribution >= 4 is 61.6 Å². The molecule has 9 heteroatoms. The lowest BCUT2D eigenvalue weighted by Gasteiger charge is -2.09. The van der Waals surface area contributed by atoms with Crippen molar-refractivity contribution in [1.29, 1.82) is 0 Å². The molecule has 1 amide bonds. The molecule has 0 radical (unpaired) electrons. The van der Waals surface area contributed by atoms with Crippen LogP contribution in [0.2, 0.25) is 5.02 Å². The SMILES string of the molecule is O=C(O)COc1c(Br)cc(/C=N\NC(=O)c2cccc(Cl)c2)cc1Br. The molecule has 0 bridgehead atoms. The Morgan fingerprint density at radius 3 is 2.52 bits per heavy atom. The van der Waals surface area contributed by atoms with Crippen LogP contribution in [0.25, 0.3) is 0 Å². The van der Waals surface area contributed by atoms with E-state index in [1.54, 1.807) is 30.3 Å². The largest absolute Gasteiger partial charge is 0.480 e. The molecule has 2 aromatic rings. The summed E-state index contributed by atoms with van der Waals surface area (Å²) >= 11 is 12.4. The summed E-state index contributed by atoms with van der Waals surface area (Å²) in [6.45, 7) is -0.458. The third-order valence-electron chi connectivity index (χ3n) is 2.83. The van der Waals surface area contributed by atoms with Crippen LogP contribution in [-0.2, 0) is 4.79 Å². The van der Waals surface area contributed by atoms with Crippen molar-refractivity contribution in [3.8, 4) is 5.75 Å². The van der Waals surface area contributed by atoms with E-state index >= 15 is 0 Å². The lowest BCUT2D eigenvalue weighted by molar-refractivity contribution is -0.139. The van der Waals surface area contributed by atoms with Gasteiger partial charge in [0.15, 0.2) is 6.61 Å². The normalized spacial score (nSPS) is 10.7. The summed E-state index contributed by atoms with van der Waals surface area (Å²) in [6.07, 6.45) is 1.44. The number of carboxylic acids is 1. The minimum Gasteiger partial charge on any atom is -0.480 e. The van der Waals surface area contributed by atoms with Crippen LogP contribution in [0.4, 0.5) is 0 Å². The predicted molar refractivity (Wildman–Crippen MR) is 101 cm³/mol. The van der Waals surface area contributed by atoms with Crippen LogP contribution in [-0.4, -0.2) is 29.8 Å². The van der Waals surface area contributed by atoms with Gasteiger partial charge in [-0.3, -0.25) is 4.79 Å². The first kappa shape index (κ1) is 19.4. The zero-order valence-corrected chi connectivity index (χ0v) is 16.4. The number of halogens is 3. The Labute approximate surface area is 165 Å². The fourth-order valence-electron chi connectivity index (χ4n) is 1.79.